The highest BCUT2D eigenvalue weighted by molar-refractivity contribution is 6.42. The van der Waals surface area contributed by atoms with Crippen molar-refractivity contribution in [3.63, 3.8) is 0 Å². The van der Waals surface area contributed by atoms with E-state index in [9.17, 15) is 9.90 Å². The zero-order valence-corrected chi connectivity index (χ0v) is 16.7. The monoisotopic (exact) mass is 408 g/mol. The second kappa shape index (κ2) is 8.38. The highest BCUT2D eigenvalue weighted by atomic mass is 35.5. The van der Waals surface area contributed by atoms with Crippen LogP contribution in [0.25, 0.3) is 0 Å². The lowest BCUT2D eigenvalue weighted by Gasteiger charge is -2.33. The Hall–Kier alpha value is -1.95. The SMILES string of the molecule is COc1c(C(C)N(Cc2ccccc2)C(=O)O)cc(Cl)c(Cl)c1C1CNC1. The van der Waals surface area contributed by atoms with E-state index >= 15 is 0 Å². The van der Waals surface area contributed by atoms with Crippen LogP contribution >= 0.6 is 23.2 Å². The number of methoxy groups -OCH3 is 1. The maximum Gasteiger partial charge on any atom is 0.408 e. The number of nitrogens with one attached hydrogen (secondary N) is 1. The minimum atomic E-state index is -1.01. The quantitative estimate of drug-likeness (QED) is 0.710. The van der Waals surface area contributed by atoms with Gasteiger partial charge >= 0.3 is 6.09 Å². The average molecular weight is 409 g/mol. The van der Waals surface area contributed by atoms with Crippen molar-refractivity contribution < 1.29 is 14.6 Å². The molecule has 1 unspecified atom stereocenters. The number of amides is 1. The topological polar surface area (TPSA) is 61.8 Å². The van der Waals surface area contributed by atoms with Crippen LogP contribution in [0.4, 0.5) is 4.79 Å². The van der Waals surface area contributed by atoms with Crippen LogP contribution in [0.15, 0.2) is 36.4 Å². The summed E-state index contributed by atoms with van der Waals surface area (Å²) in [5.74, 6) is 0.812. The van der Waals surface area contributed by atoms with Crippen LogP contribution < -0.4 is 10.1 Å². The molecule has 1 aliphatic heterocycles. The fourth-order valence-corrected chi connectivity index (χ4v) is 3.88. The number of carboxylic acid groups (broad SMARTS) is 1. The molecule has 1 saturated heterocycles. The fraction of sp³-hybridized carbons (Fsp3) is 0.350. The van der Waals surface area contributed by atoms with Gasteiger partial charge < -0.3 is 15.2 Å². The molecule has 144 valence electrons. The van der Waals surface area contributed by atoms with Crippen LogP contribution in [0.5, 0.6) is 5.75 Å². The first-order chi connectivity index (χ1) is 12.9. The van der Waals surface area contributed by atoms with Gasteiger partial charge in [-0.3, -0.25) is 4.90 Å². The third kappa shape index (κ3) is 4.00. The van der Waals surface area contributed by atoms with Crippen LogP contribution in [0, 0.1) is 0 Å². The molecule has 1 aliphatic rings. The average Bonchev–Trinajstić information content (AvgIpc) is 2.62. The predicted molar refractivity (Wildman–Crippen MR) is 107 cm³/mol. The summed E-state index contributed by atoms with van der Waals surface area (Å²) in [5.41, 5.74) is 2.47. The molecule has 5 nitrogen and oxygen atoms in total. The molecule has 0 saturated carbocycles. The molecule has 2 aromatic carbocycles. The van der Waals surface area contributed by atoms with Crippen molar-refractivity contribution in [3.05, 3.63) is 63.1 Å². The number of halogens is 2. The van der Waals surface area contributed by atoms with E-state index in [0.29, 0.717) is 21.4 Å². The van der Waals surface area contributed by atoms with E-state index in [4.69, 9.17) is 27.9 Å². The second-order valence-corrected chi connectivity index (χ2v) is 7.42. The lowest BCUT2D eigenvalue weighted by Crippen LogP contribution is -2.40. The number of hydrogen-bond donors (Lipinski definition) is 2. The molecule has 0 radical (unpaired) electrons. The van der Waals surface area contributed by atoms with Crippen molar-refractivity contribution in [3.8, 4) is 5.75 Å². The van der Waals surface area contributed by atoms with Gasteiger partial charge in [-0.25, -0.2) is 4.79 Å². The number of hydrogen-bond acceptors (Lipinski definition) is 3. The Balaban J connectivity index is 2.02. The zero-order valence-electron chi connectivity index (χ0n) is 15.2. The normalized spacial score (nSPS) is 15.1. The van der Waals surface area contributed by atoms with E-state index in [-0.39, 0.29) is 12.5 Å². The minimum absolute atomic E-state index is 0.199. The Morgan fingerprint density at radius 3 is 2.52 bits per heavy atom. The van der Waals surface area contributed by atoms with Crippen LogP contribution in [0.3, 0.4) is 0 Å². The van der Waals surface area contributed by atoms with Crippen LogP contribution in [-0.2, 0) is 6.54 Å². The van der Waals surface area contributed by atoms with E-state index in [1.807, 2.05) is 37.3 Å². The summed E-state index contributed by atoms with van der Waals surface area (Å²) in [5, 5.41) is 13.9. The van der Waals surface area contributed by atoms with E-state index in [1.54, 1.807) is 13.2 Å². The number of benzene rings is 2. The van der Waals surface area contributed by atoms with Gasteiger partial charge in [-0.1, -0.05) is 53.5 Å². The fourth-order valence-electron chi connectivity index (χ4n) is 3.36. The van der Waals surface area contributed by atoms with Crippen molar-refractivity contribution in [2.24, 2.45) is 0 Å². The summed E-state index contributed by atoms with van der Waals surface area (Å²) >= 11 is 12.9. The highest BCUT2D eigenvalue weighted by Gasteiger charge is 2.32. The molecule has 0 aromatic heterocycles. The van der Waals surface area contributed by atoms with E-state index < -0.39 is 12.1 Å². The lowest BCUT2D eigenvalue weighted by atomic mass is 9.89. The molecule has 1 heterocycles. The Bertz CT molecular complexity index is 826. The van der Waals surface area contributed by atoms with E-state index in [2.05, 4.69) is 5.32 Å². The van der Waals surface area contributed by atoms with Gasteiger partial charge in [-0.05, 0) is 18.6 Å². The summed E-state index contributed by atoms with van der Waals surface area (Å²) in [7, 11) is 1.58. The van der Waals surface area contributed by atoms with Gasteiger partial charge in [0.2, 0.25) is 0 Å². The molecule has 0 spiro atoms. The maximum atomic E-state index is 12.0. The summed E-state index contributed by atoms with van der Waals surface area (Å²) < 4.78 is 5.68. The number of nitrogens with zero attached hydrogens (tertiary/aromatic N) is 1. The molecule has 1 atom stereocenters. The summed E-state index contributed by atoms with van der Waals surface area (Å²) in [6.45, 7) is 3.68. The molecule has 1 amide bonds. The Labute approximate surface area is 168 Å². The lowest BCUT2D eigenvalue weighted by molar-refractivity contribution is 0.123. The van der Waals surface area contributed by atoms with E-state index in [1.165, 1.54) is 4.90 Å². The molecule has 1 fully saturated rings. The third-order valence-electron chi connectivity index (χ3n) is 4.99. The second-order valence-electron chi connectivity index (χ2n) is 6.64. The number of rotatable bonds is 6. The molecular formula is C20H22Cl2N2O3. The van der Waals surface area contributed by atoms with Crippen molar-refractivity contribution in [2.75, 3.05) is 20.2 Å². The van der Waals surface area contributed by atoms with Gasteiger partial charge in [0.1, 0.15) is 5.75 Å². The minimum Gasteiger partial charge on any atom is -0.496 e. The largest absolute Gasteiger partial charge is 0.496 e. The summed E-state index contributed by atoms with van der Waals surface area (Å²) in [6.07, 6.45) is -1.01. The standard InChI is InChI=1S/C20H22Cl2N2O3/c1-12(24(20(25)26)11-13-6-4-3-5-7-13)15-8-16(21)18(22)17(19(15)27-2)14-9-23-10-14/h3-8,12,14,23H,9-11H2,1-2H3,(H,25,26). The number of carbonyl (C=O) groups is 1. The summed E-state index contributed by atoms with van der Waals surface area (Å²) in [6, 6.07) is 10.7. The molecular weight excluding hydrogens is 387 g/mol. The van der Waals surface area contributed by atoms with Crippen LogP contribution in [0.2, 0.25) is 10.0 Å². The molecule has 7 heteroatoms. The molecule has 3 rings (SSSR count). The highest BCUT2D eigenvalue weighted by Crippen LogP contribution is 2.45. The molecule has 2 aromatic rings. The maximum absolute atomic E-state index is 12.0. The van der Waals surface area contributed by atoms with Crippen molar-refractivity contribution in [1.29, 1.82) is 0 Å². The first-order valence-corrected chi connectivity index (χ1v) is 9.49. The number of ether oxygens (including phenoxy) is 1. The van der Waals surface area contributed by atoms with Crippen LogP contribution in [-0.4, -0.2) is 36.3 Å². The Morgan fingerprint density at radius 2 is 2.00 bits per heavy atom. The van der Waals surface area contributed by atoms with Crippen molar-refractivity contribution in [2.45, 2.75) is 25.4 Å². The smallest absolute Gasteiger partial charge is 0.408 e. The van der Waals surface area contributed by atoms with Crippen molar-refractivity contribution in [1.82, 2.24) is 10.2 Å². The van der Waals surface area contributed by atoms with Gasteiger partial charge in [0.15, 0.2) is 0 Å². The molecule has 27 heavy (non-hydrogen) atoms. The van der Waals surface area contributed by atoms with E-state index in [0.717, 1.165) is 24.2 Å². The first kappa shape index (κ1) is 19.8. The first-order valence-electron chi connectivity index (χ1n) is 8.74. The van der Waals surface area contributed by atoms with Gasteiger partial charge in [0.25, 0.3) is 0 Å². The predicted octanol–water partition coefficient (Wildman–Crippen LogP) is 4.93. The van der Waals surface area contributed by atoms with Gasteiger partial charge in [0, 0.05) is 36.7 Å². The molecule has 0 bridgehead atoms. The summed E-state index contributed by atoms with van der Waals surface area (Å²) in [4.78, 5) is 13.3. The van der Waals surface area contributed by atoms with Gasteiger partial charge in [-0.2, -0.15) is 0 Å². The van der Waals surface area contributed by atoms with Crippen molar-refractivity contribution >= 4 is 29.3 Å². The Morgan fingerprint density at radius 1 is 1.33 bits per heavy atom. The molecule has 0 aliphatic carbocycles. The van der Waals surface area contributed by atoms with Gasteiger partial charge in [0.05, 0.1) is 23.2 Å². The van der Waals surface area contributed by atoms with Crippen LogP contribution in [0.1, 0.15) is 35.6 Å². The Kier molecular flexibility index (Phi) is 6.15. The zero-order chi connectivity index (χ0) is 19.6. The third-order valence-corrected chi connectivity index (χ3v) is 5.79. The van der Waals surface area contributed by atoms with Gasteiger partial charge in [-0.15, -0.1) is 0 Å². The molecule has 2 N–H and O–H groups in total.